The first-order valence-corrected chi connectivity index (χ1v) is 5.49. The van der Waals surface area contributed by atoms with E-state index in [9.17, 15) is 9.59 Å². The lowest BCUT2D eigenvalue weighted by molar-refractivity contribution is -0.129. The van der Waals surface area contributed by atoms with Crippen LogP contribution in [0.5, 0.6) is 0 Å². The highest BCUT2D eigenvalue weighted by Gasteiger charge is 2.18. The molecule has 0 radical (unpaired) electrons. The van der Waals surface area contributed by atoms with Crippen molar-refractivity contribution in [3.05, 3.63) is 23.7 Å². The number of ether oxygens (including phenoxy) is 1. The molecule has 1 amide bonds. The number of rotatable bonds is 5. The molecule has 0 aliphatic heterocycles. The van der Waals surface area contributed by atoms with Gasteiger partial charge in [0.05, 0.1) is 19.9 Å². The Balaban J connectivity index is 2.65. The summed E-state index contributed by atoms with van der Waals surface area (Å²) in [6.45, 7) is 0.722. The Morgan fingerprint density at radius 3 is 2.56 bits per heavy atom. The molecule has 18 heavy (non-hydrogen) atoms. The number of nitrogens with zero attached hydrogens (tertiary/aromatic N) is 2. The maximum atomic E-state index is 11.5. The van der Waals surface area contributed by atoms with Gasteiger partial charge in [-0.3, -0.25) is 9.69 Å². The molecule has 0 aromatic carbocycles. The molecule has 0 unspecified atom stereocenters. The monoisotopic (exact) mass is 254 g/mol. The van der Waals surface area contributed by atoms with Crippen LogP contribution in [0.3, 0.4) is 0 Å². The Labute approximate surface area is 106 Å². The van der Waals surface area contributed by atoms with Gasteiger partial charge in [0.2, 0.25) is 11.7 Å². The molecular weight excluding hydrogens is 236 g/mol. The van der Waals surface area contributed by atoms with Crippen LogP contribution in [0.4, 0.5) is 0 Å². The van der Waals surface area contributed by atoms with Crippen LogP contribution in [0.1, 0.15) is 16.1 Å². The quantitative estimate of drug-likeness (QED) is 0.719. The van der Waals surface area contributed by atoms with Gasteiger partial charge < -0.3 is 14.1 Å². The average Bonchev–Trinajstić information content (AvgIpc) is 2.75. The van der Waals surface area contributed by atoms with Crippen molar-refractivity contribution in [1.29, 1.82) is 0 Å². The van der Waals surface area contributed by atoms with Gasteiger partial charge in [-0.2, -0.15) is 0 Å². The van der Waals surface area contributed by atoms with Crippen molar-refractivity contribution in [2.75, 3.05) is 34.8 Å². The SMILES string of the molecule is COC(=O)c1occc1CN(C)CC(=O)N(C)C. The number of esters is 1. The molecule has 0 saturated heterocycles. The minimum Gasteiger partial charge on any atom is -0.463 e. The van der Waals surface area contributed by atoms with Crippen molar-refractivity contribution >= 4 is 11.9 Å². The Morgan fingerprint density at radius 2 is 2.00 bits per heavy atom. The van der Waals surface area contributed by atoms with E-state index in [-0.39, 0.29) is 18.2 Å². The zero-order chi connectivity index (χ0) is 13.7. The second kappa shape index (κ2) is 6.20. The molecule has 1 heterocycles. The van der Waals surface area contributed by atoms with Gasteiger partial charge in [0, 0.05) is 26.2 Å². The molecule has 0 saturated carbocycles. The molecule has 0 spiro atoms. The number of carbonyl (C=O) groups is 2. The summed E-state index contributed by atoms with van der Waals surface area (Å²) < 4.78 is 9.68. The van der Waals surface area contributed by atoms with Gasteiger partial charge in [-0.05, 0) is 13.1 Å². The lowest BCUT2D eigenvalue weighted by Gasteiger charge is -2.18. The normalized spacial score (nSPS) is 10.5. The van der Waals surface area contributed by atoms with Crippen molar-refractivity contribution in [3.63, 3.8) is 0 Å². The van der Waals surface area contributed by atoms with Crippen molar-refractivity contribution in [3.8, 4) is 0 Å². The van der Waals surface area contributed by atoms with E-state index in [0.717, 1.165) is 0 Å². The first-order chi connectivity index (χ1) is 8.45. The number of likely N-dealkylation sites (N-methyl/N-ethyl adjacent to an activating group) is 2. The summed E-state index contributed by atoms with van der Waals surface area (Å²) in [6.07, 6.45) is 1.43. The van der Waals surface area contributed by atoms with Gasteiger partial charge in [0.25, 0.3) is 0 Å². The summed E-state index contributed by atoms with van der Waals surface area (Å²) >= 11 is 0. The summed E-state index contributed by atoms with van der Waals surface area (Å²) in [7, 11) is 6.51. The Kier molecular flexibility index (Phi) is 4.91. The summed E-state index contributed by atoms with van der Waals surface area (Å²) in [5.74, 6) is -0.329. The molecule has 6 heteroatoms. The Morgan fingerprint density at radius 1 is 1.33 bits per heavy atom. The second-order valence-corrected chi connectivity index (χ2v) is 4.23. The molecule has 6 nitrogen and oxygen atoms in total. The van der Waals surface area contributed by atoms with Crippen LogP contribution in [0.15, 0.2) is 16.7 Å². The van der Waals surface area contributed by atoms with Crippen LogP contribution in [0, 0.1) is 0 Å². The zero-order valence-corrected chi connectivity index (χ0v) is 11.1. The second-order valence-electron chi connectivity index (χ2n) is 4.23. The van der Waals surface area contributed by atoms with Crippen LogP contribution >= 0.6 is 0 Å². The van der Waals surface area contributed by atoms with Crippen LogP contribution in [0.25, 0.3) is 0 Å². The van der Waals surface area contributed by atoms with E-state index in [2.05, 4.69) is 4.74 Å². The number of hydrogen-bond acceptors (Lipinski definition) is 5. The standard InChI is InChI=1S/C12H18N2O4/c1-13(2)10(15)8-14(3)7-9-5-6-18-11(9)12(16)17-4/h5-6H,7-8H2,1-4H3. The fourth-order valence-corrected chi connectivity index (χ4v) is 1.45. The summed E-state index contributed by atoms with van der Waals surface area (Å²) in [6, 6.07) is 1.70. The molecule has 0 aliphatic rings. The summed E-state index contributed by atoms with van der Waals surface area (Å²) in [4.78, 5) is 26.2. The van der Waals surface area contributed by atoms with Crippen molar-refractivity contribution in [2.24, 2.45) is 0 Å². The van der Waals surface area contributed by atoms with Gasteiger partial charge >= 0.3 is 5.97 Å². The van der Waals surface area contributed by atoms with Crippen molar-refractivity contribution < 1.29 is 18.7 Å². The molecule has 0 atom stereocenters. The lowest BCUT2D eigenvalue weighted by Crippen LogP contribution is -2.34. The van der Waals surface area contributed by atoms with Crippen LogP contribution in [-0.4, -0.2) is 56.5 Å². The highest BCUT2D eigenvalue weighted by atomic mass is 16.5. The van der Waals surface area contributed by atoms with Crippen LogP contribution in [-0.2, 0) is 16.1 Å². The summed E-state index contributed by atoms with van der Waals surface area (Å²) in [5, 5.41) is 0. The Bertz CT molecular complexity index is 425. The molecule has 0 N–H and O–H groups in total. The third kappa shape index (κ3) is 3.59. The van der Waals surface area contributed by atoms with E-state index in [4.69, 9.17) is 4.42 Å². The van der Waals surface area contributed by atoms with Gasteiger partial charge in [-0.1, -0.05) is 0 Å². The lowest BCUT2D eigenvalue weighted by atomic mass is 10.2. The van der Waals surface area contributed by atoms with Gasteiger partial charge in [0.15, 0.2) is 0 Å². The predicted molar refractivity (Wildman–Crippen MR) is 65.1 cm³/mol. The molecule has 1 aromatic rings. The predicted octanol–water partition coefficient (Wildman–Crippen LogP) is 0.586. The van der Waals surface area contributed by atoms with Gasteiger partial charge in [0.1, 0.15) is 0 Å². The van der Waals surface area contributed by atoms with E-state index in [0.29, 0.717) is 12.1 Å². The highest BCUT2D eigenvalue weighted by Crippen LogP contribution is 2.13. The molecular formula is C12H18N2O4. The minimum atomic E-state index is -0.512. The molecule has 0 fully saturated rings. The fraction of sp³-hybridized carbons (Fsp3) is 0.500. The summed E-state index contributed by atoms with van der Waals surface area (Å²) in [5.41, 5.74) is 0.705. The molecule has 100 valence electrons. The fourth-order valence-electron chi connectivity index (χ4n) is 1.45. The molecule has 1 aromatic heterocycles. The molecule has 0 aliphatic carbocycles. The number of carbonyl (C=O) groups excluding carboxylic acids is 2. The van der Waals surface area contributed by atoms with E-state index >= 15 is 0 Å². The van der Waals surface area contributed by atoms with Crippen molar-refractivity contribution in [1.82, 2.24) is 9.80 Å². The minimum absolute atomic E-state index is 0.000568. The highest BCUT2D eigenvalue weighted by molar-refractivity contribution is 5.87. The maximum absolute atomic E-state index is 11.5. The number of methoxy groups -OCH3 is 1. The Hall–Kier alpha value is -1.82. The average molecular weight is 254 g/mol. The van der Waals surface area contributed by atoms with E-state index in [1.165, 1.54) is 18.3 Å². The molecule has 0 bridgehead atoms. The zero-order valence-electron chi connectivity index (χ0n) is 11.1. The first kappa shape index (κ1) is 14.2. The molecule has 1 rings (SSSR count). The number of furan rings is 1. The third-order valence-corrected chi connectivity index (χ3v) is 2.46. The third-order valence-electron chi connectivity index (χ3n) is 2.46. The maximum Gasteiger partial charge on any atom is 0.374 e. The smallest absolute Gasteiger partial charge is 0.374 e. The van der Waals surface area contributed by atoms with Crippen LogP contribution < -0.4 is 0 Å². The van der Waals surface area contributed by atoms with E-state index in [1.807, 2.05) is 0 Å². The topological polar surface area (TPSA) is 63.0 Å². The van der Waals surface area contributed by atoms with Gasteiger partial charge in [-0.25, -0.2) is 4.79 Å². The van der Waals surface area contributed by atoms with Crippen molar-refractivity contribution in [2.45, 2.75) is 6.54 Å². The largest absolute Gasteiger partial charge is 0.463 e. The first-order valence-electron chi connectivity index (χ1n) is 5.49. The van der Waals surface area contributed by atoms with Gasteiger partial charge in [-0.15, -0.1) is 0 Å². The van der Waals surface area contributed by atoms with E-state index < -0.39 is 5.97 Å². The number of hydrogen-bond donors (Lipinski definition) is 0. The van der Waals surface area contributed by atoms with E-state index in [1.54, 1.807) is 32.1 Å². The van der Waals surface area contributed by atoms with Crippen LogP contribution in [0.2, 0.25) is 0 Å². The number of amides is 1.